The first kappa shape index (κ1) is 85.1. The second-order valence-electron chi connectivity index (χ2n) is 41.0. The average Bonchev–Trinajstić information content (AvgIpc) is 0.788. The molecular weight excluding hydrogens is 1380 g/mol. The normalized spacial score (nSPS) is 13.3. The smallest absolute Gasteiger partial charge is 0.326 e. The molecule has 0 heterocycles. The highest BCUT2D eigenvalue weighted by Crippen LogP contribution is 2.54. The third-order valence-electron chi connectivity index (χ3n) is 20.9. The number of hydrogen-bond donors (Lipinski definition) is 0. The summed E-state index contributed by atoms with van der Waals surface area (Å²) in [6.45, 7) is 78.8. The van der Waals surface area contributed by atoms with E-state index in [4.69, 9.17) is 22.6 Å². The molecule has 0 aliphatic rings. The minimum Gasteiger partial charge on any atom is -0.437 e. The van der Waals surface area contributed by atoms with E-state index in [1.54, 1.807) is 0 Å². The fraction of sp³-hybridized carbons (Fsp3) is 0.455. The van der Waals surface area contributed by atoms with Crippen LogP contribution < -0.4 is 43.8 Å². The Kier molecular flexibility index (Phi) is 23.9. The fourth-order valence-electron chi connectivity index (χ4n) is 15.0. The Morgan fingerprint density at radius 2 is 0.389 bits per heavy atom. The lowest BCUT2D eigenvalue weighted by atomic mass is 9.78. The third-order valence-corrected chi connectivity index (χ3v) is 26.2. The van der Waals surface area contributed by atoms with E-state index in [-0.39, 0.29) is 54.1 Å². The quantitative estimate of drug-likeness (QED) is 0.0899. The van der Waals surface area contributed by atoms with Crippen molar-refractivity contribution in [1.29, 1.82) is 0 Å². The van der Waals surface area contributed by atoms with Crippen molar-refractivity contribution in [3.8, 4) is 51.0 Å². The van der Waals surface area contributed by atoms with E-state index < -0.39 is 24.1 Å². The summed E-state index contributed by atoms with van der Waals surface area (Å²) in [5.74, 6) is 3.94. The van der Waals surface area contributed by atoms with Gasteiger partial charge in [-0.15, -0.1) is 0 Å². The molecule has 0 unspecified atom stereocenters. The molecule has 0 spiro atoms. The Morgan fingerprint density at radius 3 is 0.574 bits per heavy atom. The van der Waals surface area contributed by atoms with Gasteiger partial charge in [-0.2, -0.15) is 0 Å². The molecule has 0 N–H and O–H groups in total. The highest BCUT2D eigenvalue weighted by molar-refractivity contribution is 7.74. The van der Waals surface area contributed by atoms with Gasteiger partial charge in [0.25, 0.3) is 0 Å². The lowest BCUT2D eigenvalue weighted by molar-refractivity contribution is 0.464. The topological polar surface area (TPSA) is 63.2 Å². The molecule has 6 nitrogen and oxygen atoms in total. The van der Waals surface area contributed by atoms with Gasteiger partial charge in [0.15, 0.2) is 0 Å². The van der Waals surface area contributed by atoms with E-state index in [2.05, 4.69) is 376 Å². The van der Waals surface area contributed by atoms with Crippen LogP contribution in [0.25, 0.3) is 22.3 Å². The predicted octanol–water partition coefficient (Wildman–Crippen LogP) is 28.0. The number of rotatable bonds is 16. The second kappa shape index (κ2) is 30.3. The minimum atomic E-state index is -3.91. The number of benzene rings is 9. The first-order valence-electron chi connectivity index (χ1n) is 39.1. The summed E-state index contributed by atoms with van der Waals surface area (Å²) in [5.41, 5.74) is 20.3. The molecule has 9 aromatic carbocycles. The molecule has 0 amide bonds. The standard InChI is InChI=1S/C99H131O6P3/c1-62-52-85(80(95(21,22)23)57-75(62)90(6,7)8)101-106(102-86-53-63(2)76(91(9,10)11)58-81(86)96(24,25)26)71-44-36-67(37-45-71)69-40-48-73(49-41-69)108(100,105-89-56-66(5)79(94(18,19)20)61-84(89)99(33,34)35)74-50-42-70(43-51-74)68-38-46-72(47-39-68)107(103-87-54-64(3)77(92(12,13)14)59-82(87)97(27,28)29)104-88-55-65(4)78(93(15,16)17)60-83(88)98(30,31)32/h36-61H,1-35H3. The molecule has 9 heteroatoms. The van der Waals surface area contributed by atoms with Crippen molar-refractivity contribution in [3.63, 3.8) is 0 Å². The molecule has 0 saturated heterocycles. The minimum absolute atomic E-state index is 0.0552. The predicted molar refractivity (Wildman–Crippen MR) is 470 cm³/mol. The molecule has 0 aliphatic carbocycles. The van der Waals surface area contributed by atoms with Crippen LogP contribution in [0.15, 0.2) is 158 Å². The van der Waals surface area contributed by atoms with Crippen molar-refractivity contribution in [1.82, 2.24) is 0 Å². The maximum absolute atomic E-state index is 16.8. The van der Waals surface area contributed by atoms with Crippen molar-refractivity contribution in [3.05, 3.63) is 241 Å². The molecule has 0 bridgehead atoms. The van der Waals surface area contributed by atoms with Gasteiger partial charge in [0.2, 0.25) is 0 Å². The van der Waals surface area contributed by atoms with Gasteiger partial charge < -0.3 is 22.6 Å². The average molecular weight is 1510 g/mol. The zero-order chi connectivity index (χ0) is 80.7. The van der Waals surface area contributed by atoms with Crippen LogP contribution in [0.3, 0.4) is 0 Å². The van der Waals surface area contributed by atoms with Crippen LogP contribution in [-0.2, 0) is 58.7 Å². The van der Waals surface area contributed by atoms with E-state index in [1.165, 1.54) is 50.1 Å². The van der Waals surface area contributed by atoms with E-state index in [1.807, 2.05) is 24.3 Å². The molecule has 0 fully saturated rings. The van der Waals surface area contributed by atoms with Gasteiger partial charge in [-0.25, -0.2) is 0 Å². The first-order chi connectivity index (χ1) is 49.2. The van der Waals surface area contributed by atoms with Crippen molar-refractivity contribution >= 4 is 45.3 Å². The zero-order valence-electron chi connectivity index (χ0n) is 72.8. The molecule has 9 aromatic rings. The van der Waals surface area contributed by atoms with Crippen molar-refractivity contribution in [2.45, 2.75) is 296 Å². The van der Waals surface area contributed by atoms with Gasteiger partial charge in [0, 0.05) is 27.8 Å². The number of aryl methyl sites for hydroxylation is 5. The van der Waals surface area contributed by atoms with Crippen LogP contribution in [0.1, 0.15) is 291 Å². The maximum atomic E-state index is 16.8. The molecule has 9 rings (SSSR count). The van der Waals surface area contributed by atoms with Crippen LogP contribution in [0.5, 0.6) is 28.7 Å². The molecule has 108 heavy (non-hydrogen) atoms. The summed E-state index contributed by atoms with van der Waals surface area (Å²) in [6.07, 6.45) is 0. The van der Waals surface area contributed by atoms with E-state index in [0.29, 0.717) is 16.4 Å². The summed E-state index contributed by atoms with van der Waals surface area (Å²) in [6, 6.07) is 56.3. The van der Waals surface area contributed by atoms with E-state index in [9.17, 15) is 0 Å². The molecule has 0 aliphatic heterocycles. The first-order valence-corrected chi connectivity index (χ1v) is 43.0. The zero-order valence-corrected chi connectivity index (χ0v) is 75.5. The van der Waals surface area contributed by atoms with E-state index >= 15 is 4.57 Å². The van der Waals surface area contributed by atoms with Gasteiger partial charge in [0.05, 0.1) is 21.2 Å². The number of hydrogen-bond acceptors (Lipinski definition) is 6. The lowest BCUT2D eigenvalue weighted by Crippen LogP contribution is -2.23. The van der Waals surface area contributed by atoms with Gasteiger partial charge >= 0.3 is 24.1 Å². The highest BCUT2D eigenvalue weighted by Gasteiger charge is 2.38. The molecule has 0 aromatic heterocycles. The van der Waals surface area contributed by atoms with Crippen LogP contribution in [-0.4, -0.2) is 0 Å². The van der Waals surface area contributed by atoms with Crippen LogP contribution in [0, 0.1) is 34.6 Å². The van der Waals surface area contributed by atoms with Crippen LogP contribution in [0.2, 0.25) is 0 Å². The summed E-state index contributed by atoms with van der Waals surface area (Å²) in [5, 5.41) is 3.07. The van der Waals surface area contributed by atoms with Gasteiger partial charge in [-0.05, 0) is 246 Å². The van der Waals surface area contributed by atoms with Gasteiger partial charge in [-0.3, -0.25) is 4.57 Å². The lowest BCUT2D eigenvalue weighted by Gasteiger charge is -2.32. The van der Waals surface area contributed by atoms with E-state index in [0.717, 1.165) is 89.2 Å². The van der Waals surface area contributed by atoms with Crippen molar-refractivity contribution in [2.75, 3.05) is 0 Å². The Morgan fingerprint density at radius 1 is 0.222 bits per heavy atom. The SMILES string of the molecule is Cc1cc(OP(Oc2cc(C)c(C(C)(C)C)cc2C(C)(C)C)c2ccc(-c3ccc(P(=O)(Oc4cc(C)c(C(C)(C)C)cc4C(C)(C)C)c4ccc(-c5ccc(P(Oc6cc(C)c(C(C)(C)C)cc6C(C)(C)C)Oc6cc(C)c(C(C)(C)C)cc6C(C)(C)C)cc5)cc4)cc3)cc2)c(C(C)(C)C)cc1C(C)(C)C. The molecule has 0 atom stereocenters. The fourth-order valence-corrected chi connectivity index (χ4v) is 19.6. The summed E-state index contributed by atoms with van der Waals surface area (Å²) in [7, 11) is -7.37. The van der Waals surface area contributed by atoms with Crippen molar-refractivity contribution < 1.29 is 27.2 Å². The Labute approximate surface area is 657 Å². The molecule has 0 radical (unpaired) electrons. The van der Waals surface area contributed by atoms with Gasteiger partial charge in [-0.1, -0.05) is 287 Å². The summed E-state index contributed by atoms with van der Waals surface area (Å²) >= 11 is 0. The van der Waals surface area contributed by atoms with Gasteiger partial charge in [0.1, 0.15) is 28.7 Å². The summed E-state index contributed by atoms with van der Waals surface area (Å²) < 4.78 is 53.7. The Bertz CT molecular complexity index is 4360. The monoisotopic (exact) mass is 1510 g/mol. The van der Waals surface area contributed by atoms with Crippen LogP contribution in [0.4, 0.5) is 0 Å². The third kappa shape index (κ3) is 19.3. The Balaban J connectivity index is 1.13. The molecule has 0 saturated carbocycles. The largest absolute Gasteiger partial charge is 0.437 e. The second-order valence-corrected chi connectivity index (χ2v) is 46.1. The summed E-state index contributed by atoms with van der Waals surface area (Å²) in [4.78, 5) is 0. The van der Waals surface area contributed by atoms with Crippen molar-refractivity contribution in [2.24, 2.45) is 0 Å². The van der Waals surface area contributed by atoms with Crippen LogP contribution >= 0.6 is 24.1 Å². The highest BCUT2D eigenvalue weighted by atomic mass is 31.2. The molecule has 578 valence electrons. The Hall–Kier alpha value is -6.93. The molecular formula is C99H131O6P3. The maximum Gasteiger partial charge on any atom is 0.326 e.